The number of fused-ring (bicyclic) bond motifs is 2. The Morgan fingerprint density at radius 3 is 2.10 bits per heavy atom. The van der Waals surface area contributed by atoms with Gasteiger partial charge in [0.1, 0.15) is 0 Å². The normalized spacial score (nSPS) is 13.4. The summed E-state index contributed by atoms with van der Waals surface area (Å²) in [6.45, 7) is 3.26. The Hall–Kier alpha value is -4.17. The molecule has 0 saturated carbocycles. The summed E-state index contributed by atoms with van der Waals surface area (Å²) in [6.07, 6.45) is 4.30. The summed E-state index contributed by atoms with van der Waals surface area (Å²) in [6, 6.07) is 17.5. The minimum Gasteiger partial charge on any atom is -0.493 e. The first-order chi connectivity index (χ1) is 19.6. The highest BCUT2D eigenvalue weighted by atomic mass is 16.5. The summed E-state index contributed by atoms with van der Waals surface area (Å²) in [5, 5.41) is 1.70. The largest absolute Gasteiger partial charge is 0.493 e. The van der Waals surface area contributed by atoms with E-state index >= 15 is 0 Å². The predicted octanol–water partition coefficient (Wildman–Crippen LogP) is 5.60. The van der Waals surface area contributed by atoms with E-state index in [2.05, 4.69) is 17.0 Å². The van der Waals surface area contributed by atoms with Crippen LogP contribution in [0.5, 0.6) is 23.0 Å². The number of nitrogens with zero attached hydrogens (tertiary/aromatic N) is 2. The van der Waals surface area contributed by atoms with Gasteiger partial charge in [-0.25, -0.2) is 0 Å². The van der Waals surface area contributed by atoms with Crippen LogP contribution in [0, 0.1) is 0 Å². The highest BCUT2D eigenvalue weighted by molar-refractivity contribution is 6.12. The molecule has 1 amide bonds. The number of ether oxygens (including phenoxy) is 4. The van der Waals surface area contributed by atoms with Gasteiger partial charge in [-0.2, -0.15) is 0 Å². The molecule has 1 aliphatic heterocycles. The van der Waals surface area contributed by atoms with Crippen LogP contribution in [0.25, 0.3) is 10.8 Å². The maximum atomic E-state index is 13.9. The van der Waals surface area contributed by atoms with E-state index < -0.39 is 0 Å². The standard InChI is InChI=1S/C32H36N2O6/c1-36-27-11-10-25(20-30(27)39-4)34(32(35)31-26-9-6-5-8-24(26)21-40-31)15-7-14-33-16-12-22-18-28(37-2)29(38-3)19-23(22)13-17-33/h5-6,8-11,18-21H,7,12-17H2,1-4H3. The molecule has 8 nitrogen and oxygen atoms in total. The number of benzene rings is 3. The summed E-state index contributed by atoms with van der Waals surface area (Å²) in [5.41, 5.74) is 3.32. The molecule has 0 unspecified atom stereocenters. The van der Waals surface area contributed by atoms with E-state index in [1.807, 2.05) is 42.5 Å². The number of amides is 1. The Morgan fingerprint density at radius 2 is 1.45 bits per heavy atom. The van der Waals surface area contributed by atoms with Crippen molar-refractivity contribution in [2.75, 3.05) is 59.5 Å². The van der Waals surface area contributed by atoms with E-state index in [1.165, 1.54) is 11.1 Å². The van der Waals surface area contributed by atoms with Crippen molar-refractivity contribution in [2.45, 2.75) is 19.3 Å². The lowest BCUT2D eigenvalue weighted by atomic mass is 10.0. The van der Waals surface area contributed by atoms with Crippen LogP contribution < -0.4 is 23.8 Å². The van der Waals surface area contributed by atoms with Crippen LogP contribution >= 0.6 is 0 Å². The molecule has 0 radical (unpaired) electrons. The topological polar surface area (TPSA) is 73.6 Å². The van der Waals surface area contributed by atoms with E-state index in [0.29, 0.717) is 23.8 Å². The molecule has 2 heterocycles. The maximum Gasteiger partial charge on any atom is 0.294 e. The summed E-state index contributed by atoms with van der Waals surface area (Å²) >= 11 is 0. The molecule has 1 aliphatic rings. The molecule has 210 valence electrons. The number of hydrogen-bond donors (Lipinski definition) is 0. The predicted molar refractivity (Wildman–Crippen MR) is 155 cm³/mol. The van der Waals surface area contributed by atoms with Crippen molar-refractivity contribution in [3.05, 3.63) is 77.7 Å². The monoisotopic (exact) mass is 544 g/mol. The molecule has 0 saturated heterocycles. The summed E-state index contributed by atoms with van der Waals surface area (Å²) in [5.74, 6) is 2.86. The van der Waals surface area contributed by atoms with E-state index in [4.69, 9.17) is 23.4 Å². The van der Waals surface area contributed by atoms with Gasteiger partial charge in [-0.3, -0.25) is 4.79 Å². The molecule has 40 heavy (non-hydrogen) atoms. The number of carbonyl (C=O) groups excluding carboxylic acids is 1. The van der Waals surface area contributed by atoms with Crippen LogP contribution in [-0.4, -0.2) is 65.4 Å². The number of furan rings is 1. The van der Waals surface area contributed by atoms with Crippen molar-refractivity contribution in [2.24, 2.45) is 0 Å². The van der Waals surface area contributed by atoms with E-state index in [9.17, 15) is 4.79 Å². The van der Waals surface area contributed by atoms with Gasteiger partial charge >= 0.3 is 0 Å². The molecule has 0 N–H and O–H groups in total. The van der Waals surface area contributed by atoms with Gasteiger partial charge in [-0.15, -0.1) is 0 Å². The minimum atomic E-state index is -0.184. The zero-order valence-corrected chi connectivity index (χ0v) is 23.6. The molecule has 1 aromatic heterocycles. The van der Waals surface area contributed by atoms with Crippen molar-refractivity contribution in [1.82, 2.24) is 4.90 Å². The molecule has 8 heteroatoms. The van der Waals surface area contributed by atoms with Gasteiger partial charge < -0.3 is 33.2 Å². The average molecular weight is 545 g/mol. The lowest BCUT2D eigenvalue weighted by molar-refractivity contribution is 0.0961. The fourth-order valence-corrected chi connectivity index (χ4v) is 5.39. The number of methoxy groups -OCH3 is 4. The third-order valence-electron chi connectivity index (χ3n) is 7.58. The second kappa shape index (κ2) is 12.3. The minimum absolute atomic E-state index is 0.184. The van der Waals surface area contributed by atoms with E-state index in [0.717, 1.165) is 66.9 Å². The van der Waals surface area contributed by atoms with E-state index in [-0.39, 0.29) is 5.91 Å². The van der Waals surface area contributed by atoms with E-state index in [1.54, 1.807) is 39.6 Å². The Kier molecular flexibility index (Phi) is 8.45. The molecule has 0 bridgehead atoms. The van der Waals surface area contributed by atoms with Gasteiger partial charge in [0.2, 0.25) is 0 Å². The lowest BCUT2D eigenvalue weighted by Gasteiger charge is -2.25. The van der Waals surface area contributed by atoms with Crippen LogP contribution in [-0.2, 0) is 12.8 Å². The second-order valence-corrected chi connectivity index (χ2v) is 9.82. The van der Waals surface area contributed by atoms with Crippen molar-refractivity contribution in [3.63, 3.8) is 0 Å². The van der Waals surface area contributed by atoms with Gasteiger partial charge in [-0.05, 0) is 61.2 Å². The van der Waals surface area contributed by atoms with Gasteiger partial charge in [0.25, 0.3) is 5.91 Å². The molecule has 3 aromatic carbocycles. The van der Waals surface area contributed by atoms with Crippen LogP contribution in [0.4, 0.5) is 5.69 Å². The first kappa shape index (κ1) is 27.4. The molecule has 0 fully saturated rings. The van der Waals surface area contributed by atoms with Crippen molar-refractivity contribution in [3.8, 4) is 23.0 Å². The van der Waals surface area contributed by atoms with Crippen molar-refractivity contribution in [1.29, 1.82) is 0 Å². The second-order valence-electron chi connectivity index (χ2n) is 9.82. The van der Waals surface area contributed by atoms with Gasteiger partial charge in [0, 0.05) is 42.2 Å². The zero-order chi connectivity index (χ0) is 28.1. The first-order valence-electron chi connectivity index (χ1n) is 13.5. The third-order valence-corrected chi connectivity index (χ3v) is 7.58. The average Bonchev–Trinajstić information content (AvgIpc) is 3.33. The smallest absolute Gasteiger partial charge is 0.294 e. The molecule has 5 rings (SSSR count). The molecule has 0 spiro atoms. The Labute approximate surface area is 235 Å². The fraction of sp³-hybridized carbons (Fsp3) is 0.344. The van der Waals surface area contributed by atoms with Crippen LogP contribution in [0.1, 0.15) is 28.1 Å². The van der Waals surface area contributed by atoms with Crippen molar-refractivity contribution >= 4 is 22.4 Å². The van der Waals surface area contributed by atoms with Crippen molar-refractivity contribution < 1.29 is 28.2 Å². The Bertz CT molecular complexity index is 1440. The highest BCUT2D eigenvalue weighted by Gasteiger charge is 2.25. The molecular weight excluding hydrogens is 508 g/mol. The summed E-state index contributed by atoms with van der Waals surface area (Å²) < 4.78 is 27.8. The fourth-order valence-electron chi connectivity index (χ4n) is 5.39. The first-order valence-corrected chi connectivity index (χ1v) is 13.5. The van der Waals surface area contributed by atoms with Crippen LogP contribution in [0.15, 0.2) is 65.3 Å². The van der Waals surface area contributed by atoms with Gasteiger partial charge in [0.05, 0.1) is 34.7 Å². The van der Waals surface area contributed by atoms with Crippen LogP contribution in [0.3, 0.4) is 0 Å². The Balaban J connectivity index is 1.33. The number of hydrogen-bond acceptors (Lipinski definition) is 7. The highest BCUT2D eigenvalue weighted by Crippen LogP contribution is 2.34. The lowest BCUT2D eigenvalue weighted by Crippen LogP contribution is -2.35. The third kappa shape index (κ3) is 5.58. The molecular formula is C32H36N2O6. The maximum absolute atomic E-state index is 13.9. The Morgan fingerprint density at radius 1 is 0.825 bits per heavy atom. The molecule has 0 atom stereocenters. The van der Waals surface area contributed by atoms with Gasteiger partial charge in [0.15, 0.2) is 28.8 Å². The van der Waals surface area contributed by atoms with Crippen LogP contribution in [0.2, 0.25) is 0 Å². The number of carbonyl (C=O) groups is 1. The summed E-state index contributed by atoms with van der Waals surface area (Å²) in [4.78, 5) is 18.1. The quantitative estimate of drug-likeness (QED) is 0.257. The molecule has 0 aliphatic carbocycles. The van der Waals surface area contributed by atoms with Gasteiger partial charge in [-0.1, -0.05) is 24.3 Å². The summed E-state index contributed by atoms with van der Waals surface area (Å²) in [7, 11) is 6.53. The zero-order valence-electron chi connectivity index (χ0n) is 23.6. The molecule has 4 aromatic rings. The number of rotatable bonds is 10. The SMILES string of the molecule is COc1ccc(N(CCCN2CCc3cc(OC)c(OC)cc3CC2)C(=O)c2occ3ccccc23)cc1OC. The number of anilines is 1.